The third kappa shape index (κ3) is 3.99. The summed E-state index contributed by atoms with van der Waals surface area (Å²) < 4.78 is 0. The lowest BCUT2D eigenvalue weighted by Gasteiger charge is -2.32. The highest BCUT2D eigenvalue weighted by atomic mass is 16.3. The Morgan fingerprint density at radius 2 is 1.85 bits per heavy atom. The van der Waals surface area contributed by atoms with E-state index in [9.17, 15) is 9.90 Å². The van der Waals surface area contributed by atoms with Gasteiger partial charge in [0.05, 0.1) is 5.56 Å². The van der Waals surface area contributed by atoms with E-state index in [1.807, 2.05) is 17.9 Å². The largest absolute Gasteiger partial charge is 0.507 e. The number of carbonyl (C=O) groups is 1. The summed E-state index contributed by atoms with van der Waals surface area (Å²) in [6.45, 7) is 11.1. The predicted molar refractivity (Wildman–Crippen MR) is 83.1 cm³/mol. The van der Waals surface area contributed by atoms with Crippen LogP contribution in [-0.2, 0) is 0 Å². The van der Waals surface area contributed by atoms with Gasteiger partial charge in [-0.2, -0.15) is 0 Å². The van der Waals surface area contributed by atoms with Crippen LogP contribution in [0.4, 0.5) is 0 Å². The first-order valence-corrected chi connectivity index (χ1v) is 7.51. The molecule has 0 aliphatic heterocycles. The fraction of sp³-hybridized carbons (Fsp3) is 0.588. The quantitative estimate of drug-likeness (QED) is 0.854. The van der Waals surface area contributed by atoms with E-state index in [-0.39, 0.29) is 17.7 Å². The number of hydrogen-bond donors (Lipinski definition) is 1. The third-order valence-electron chi connectivity index (χ3n) is 3.59. The lowest BCUT2D eigenvalue weighted by Crippen LogP contribution is -2.42. The molecular formula is C17H27NO2. The van der Waals surface area contributed by atoms with Gasteiger partial charge in [0, 0.05) is 12.6 Å². The predicted octanol–water partition coefficient (Wildman–Crippen LogP) is 3.99. The van der Waals surface area contributed by atoms with Crippen LogP contribution in [0.15, 0.2) is 18.2 Å². The van der Waals surface area contributed by atoms with E-state index in [1.165, 1.54) is 0 Å². The van der Waals surface area contributed by atoms with Gasteiger partial charge in [-0.3, -0.25) is 4.79 Å². The molecule has 20 heavy (non-hydrogen) atoms. The van der Waals surface area contributed by atoms with Gasteiger partial charge in [0.15, 0.2) is 0 Å². The summed E-state index contributed by atoms with van der Waals surface area (Å²) in [7, 11) is 0. The molecule has 1 aromatic rings. The van der Waals surface area contributed by atoms with Crippen molar-refractivity contribution in [3.8, 4) is 5.75 Å². The van der Waals surface area contributed by atoms with Crippen molar-refractivity contribution in [2.24, 2.45) is 5.92 Å². The minimum Gasteiger partial charge on any atom is -0.507 e. The Morgan fingerprint density at radius 1 is 1.25 bits per heavy atom. The van der Waals surface area contributed by atoms with Crippen LogP contribution in [0.1, 0.15) is 56.5 Å². The molecule has 0 aliphatic carbocycles. The Hall–Kier alpha value is -1.51. The van der Waals surface area contributed by atoms with Gasteiger partial charge < -0.3 is 10.0 Å². The van der Waals surface area contributed by atoms with Crippen LogP contribution in [0, 0.1) is 12.8 Å². The monoisotopic (exact) mass is 277 g/mol. The summed E-state index contributed by atoms with van der Waals surface area (Å²) in [5.74, 6) is 0.417. The first-order valence-electron chi connectivity index (χ1n) is 7.51. The molecule has 0 heterocycles. The van der Waals surface area contributed by atoms with E-state index < -0.39 is 0 Å². The zero-order chi connectivity index (χ0) is 15.3. The topological polar surface area (TPSA) is 40.5 Å². The van der Waals surface area contributed by atoms with E-state index in [0.29, 0.717) is 11.5 Å². The highest BCUT2D eigenvalue weighted by Gasteiger charge is 2.25. The van der Waals surface area contributed by atoms with Crippen molar-refractivity contribution in [3.63, 3.8) is 0 Å². The molecule has 0 aromatic heterocycles. The van der Waals surface area contributed by atoms with Crippen molar-refractivity contribution < 1.29 is 9.90 Å². The summed E-state index contributed by atoms with van der Waals surface area (Å²) in [5, 5.41) is 9.97. The SMILES string of the molecule is CCC(CC)N(CC(C)C)C(=O)c1cc(C)ccc1O. The number of phenols is 1. The highest BCUT2D eigenvalue weighted by molar-refractivity contribution is 5.97. The molecular weight excluding hydrogens is 250 g/mol. The maximum Gasteiger partial charge on any atom is 0.257 e. The zero-order valence-electron chi connectivity index (χ0n) is 13.3. The van der Waals surface area contributed by atoms with Crippen molar-refractivity contribution in [1.29, 1.82) is 0 Å². The lowest BCUT2D eigenvalue weighted by molar-refractivity contribution is 0.0637. The van der Waals surface area contributed by atoms with Gasteiger partial charge in [0.1, 0.15) is 5.75 Å². The Labute approximate surface area is 122 Å². The Balaban J connectivity index is 3.12. The maximum atomic E-state index is 12.8. The maximum absolute atomic E-state index is 12.8. The van der Waals surface area contributed by atoms with Crippen molar-refractivity contribution in [3.05, 3.63) is 29.3 Å². The smallest absolute Gasteiger partial charge is 0.257 e. The summed E-state index contributed by atoms with van der Waals surface area (Å²) in [4.78, 5) is 14.7. The molecule has 0 fully saturated rings. The first-order chi connectivity index (χ1) is 9.40. The molecule has 0 saturated heterocycles. The van der Waals surface area contributed by atoms with Crippen molar-refractivity contribution >= 4 is 5.91 Å². The zero-order valence-corrected chi connectivity index (χ0v) is 13.3. The van der Waals surface area contributed by atoms with E-state index in [0.717, 1.165) is 24.9 Å². The number of phenolic OH excluding ortho intramolecular Hbond substituents is 1. The van der Waals surface area contributed by atoms with Crippen LogP contribution in [-0.4, -0.2) is 28.5 Å². The summed E-state index contributed by atoms with van der Waals surface area (Å²) in [6, 6.07) is 5.41. The van der Waals surface area contributed by atoms with Gasteiger partial charge in [0.25, 0.3) is 5.91 Å². The number of carbonyl (C=O) groups excluding carboxylic acids is 1. The Kier molecular flexibility index (Phi) is 6.05. The van der Waals surface area contributed by atoms with Gasteiger partial charge in [-0.15, -0.1) is 0 Å². The van der Waals surface area contributed by atoms with Crippen molar-refractivity contribution in [2.75, 3.05) is 6.54 Å². The summed E-state index contributed by atoms with van der Waals surface area (Å²) in [5.41, 5.74) is 1.40. The molecule has 0 saturated carbocycles. The molecule has 3 nitrogen and oxygen atoms in total. The molecule has 0 atom stereocenters. The molecule has 0 radical (unpaired) electrons. The fourth-order valence-corrected chi connectivity index (χ4v) is 2.50. The second-order valence-electron chi connectivity index (χ2n) is 5.84. The number of nitrogens with zero attached hydrogens (tertiary/aromatic N) is 1. The van der Waals surface area contributed by atoms with E-state index in [2.05, 4.69) is 27.7 Å². The average Bonchev–Trinajstić information content (AvgIpc) is 2.40. The molecule has 112 valence electrons. The number of amides is 1. The van der Waals surface area contributed by atoms with Gasteiger partial charge >= 0.3 is 0 Å². The molecule has 0 spiro atoms. The number of benzene rings is 1. The van der Waals surface area contributed by atoms with Gasteiger partial charge in [0.2, 0.25) is 0 Å². The number of aromatic hydroxyl groups is 1. The molecule has 0 bridgehead atoms. The van der Waals surface area contributed by atoms with E-state index >= 15 is 0 Å². The average molecular weight is 277 g/mol. The minimum atomic E-state index is -0.0615. The second kappa shape index (κ2) is 7.32. The first kappa shape index (κ1) is 16.5. The summed E-state index contributed by atoms with van der Waals surface area (Å²) >= 11 is 0. The third-order valence-corrected chi connectivity index (χ3v) is 3.59. The van der Waals surface area contributed by atoms with Gasteiger partial charge in [-0.05, 0) is 37.8 Å². The van der Waals surface area contributed by atoms with Crippen LogP contribution in [0.5, 0.6) is 5.75 Å². The fourth-order valence-electron chi connectivity index (χ4n) is 2.50. The molecule has 3 heteroatoms. The minimum absolute atomic E-state index is 0.0615. The van der Waals surface area contributed by atoms with Crippen molar-refractivity contribution in [1.82, 2.24) is 4.90 Å². The van der Waals surface area contributed by atoms with Crippen molar-refractivity contribution in [2.45, 2.75) is 53.5 Å². The Morgan fingerprint density at radius 3 is 2.35 bits per heavy atom. The van der Waals surface area contributed by atoms with Crippen LogP contribution < -0.4 is 0 Å². The van der Waals surface area contributed by atoms with E-state index in [1.54, 1.807) is 12.1 Å². The highest BCUT2D eigenvalue weighted by Crippen LogP contribution is 2.23. The molecule has 0 unspecified atom stereocenters. The number of aryl methyl sites for hydroxylation is 1. The molecule has 1 amide bonds. The Bertz CT molecular complexity index is 450. The van der Waals surface area contributed by atoms with E-state index in [4.69, 9.17) is 0 Å². The summed E-state index contributed by atoms with van der Waals surface area (Å²) in [6.07, 6.45) is 1.86. The van der Waals surface area contributed by atoms with Crippen LogP contribution in [0.2, 0.25) is 0 Å². The molecule has 1 aromatic carbocycles. The lowest BCUT2D eigenvalue weighted by atomic mass is 10.0. The van der Waals surface area contributed by atoms with Gasteiger partial charge in [-0.25, -0.2) is 0 Å². The number of rotatable bonds is 6. The van der Waals surface area contributed by atoms with Crippen LogP contribution in [0.25, 0.3) is 0 Å². The molecule has 0 aliphatic rings. The second-order valence-corrected chi connectivity index (χ2v) is 5.84. The molecule has 1 N–H and O–H groups in total. The normalized spacial score (nSPS) is 11.2. The van der Waals surface area contributed by atoms with Crippen LogP contribution >= 0.6 is 0 Å². The number of hydrogen-bond acceptors (Lipinski definition) is 2. The van der Waals surface area contributed by atoms with Crippen LogP contribution in [0.3, 0.4) is 0 Å². The van der Waals surface area contributed by atoms with Gasteiger partial charge in [-0.1, -0.05) is 39.3 Å². The molecule has 1 rings (SSSR count). The standard InChI is InChI=1S/C17H27NO2/c1-6-14(7-2)18(11-12(3)4)17(20)15-10-13(5)8-9-16(15)19/h8-10,12,14,19H,6-7,11H2,1-5H3.